The van der Waals surface area contributed by atoms with Crippen molar-refractivity contribution >= 4 is 5.69 Å². The van der Waals surface area contributed by atoms with Gasteiger partial charge in [0.15, 0.2) is 0 Å². The van der Waals surface area contributed by atoms with E-state index < -0.39 is 0 Å². The van der Waals surface area contributed by atoms with Crippen molar-refractivity contribution in [1.29, 1.82) is 0 Å². The van der Waals surface area contributed by atoms with Crippen molar-refractivity contribution in [3.63, 3.8) is 0 Å². The Hall–Kier alpha value is -1.02. The van der Waals surface area contributed by atoms with Crippen LogP contribution in [0, 0.1) is 6.92 Å². The summed E-state index contributed by atoms with van der Waals surface area (Å²) in [7, 11) is 0. The lowest BCUT2D eigenvalue weighted by molar-refractivity contribution is 0.646. The Morgan fingerprint density at radius 2 is 1.74 bits per heavy atom. The summed E-state index contributed by atoms with van der Waals surface area (Å²) in [5.41, 5.74) is 10.2. The minimum Gasteiger partial charge on any atom is -0.371 e. The lowest BCUT2D eigenvalue weighted by Crippen LogP contribution is -2.26. The second-order valence-corrected chi connectivity index (χ2v) is 5.48. The lowest BCUT2D eigenvalue weighted by Gasteiger charge is -2.26. The first-order valence-electron chi connectivity index (χ1n) is 7.72. The van der Waals surface area contributed by atoms with E-state index in [0.717, 1.165) is 25.9 Å². The summed E-state index contributed by atoms with van der Waals surface area (Å²) >= 11 is 0. The third-order valence-electron chi connectivity index (χ3n) is 3.61. The highest BCUT2D eigenvalue weighted by Crippen LogP contribution is 2.22. The fourth-order valence-electron chi connectivity index (χ4n) is 2.54. The number of aryl methyl sites for hydroxylation is 1. The SMILES string of the molecule is CCCN(CCC)c1ccc(CC(N)CC)cc1C. The van der Waals surface area contributed by atoms with Gasteiger partial charge in [0.25, 0.3) is 0 Å². The molecule has 108 valence electrons. The average molecular weight is 262 g/mol. The molecular formula is C17H30N2. The van der Waals surface area contributed by atoms with Gasteiger partial charge in [0, 0.05) is 24.8 Å². The molecule has 1 aromatic rings. The molecule has 19 heavy (non-hydrogen) atoms. The van der Waals surface area contributed by atoms with Gasteiger partial charge in [-0.2, -0.15) is 0 Å². The molecule has 0 saturated heterocycles. The summed E-state index contributed by atoms with van der Waals surface area (Å²) in [6.45, 7) is 11.1. The summed E-state index contributed by atoms with van der Waals surface area (Å²) in [5.74, 6) is 0. The molecule has 1 rings (SSSR count). The Morgan fingerprint density at radius 3 is 2.21 bits per heavy atom. The molecule has 2 N–H and O–H groups in total. The molecule has 1 unspecified atom stereocenters. The van der Waals surface area contributed by atoms with Crippen molar-refractivity contribution in [3.05, 3.63) is 29.3 Å². The first-order valence-corrected chi connectivity index (χ1v) is 7.72. The number of rotatable bonds is 8. The van der Waals surface area contributed by atoms with Crippen LogP contribution in [0.2, 0.25) is 0 Å². The molecule has 0 heterocycles. The highest BCUT2D eigenvalue weighted by Gasteiger charge is 2.09. The van der Waals surface area contributed by atoms with Gasteiger partial charge in [-0.15, -0.1) is 0 Å². The van der Waals surface area contributed by atoms with Crippen molar-refractivity contribution < 1.29 is 0 Å². The fourth-order valence-corrected chi connectivity index (χ4v) is 2.54. The van der Waals surface area contributed by atoms with E-state index in [1.165, 1.54) is 29.7 Å². The van der Waals surface area contributed by atoms with E-state index in [1.807, 2.05) is 0 Å². The second kappa shape index (κ2) is 8.21. The van der Waals surface area contributed by atoms with Crippen molar-refractivity contribution in [1.82, 2.24) is 0 Å². The first kappa shape index (κ1) is 16.0. The van der Waals surface area contributed by atoms with Crippen LogP contribution < -0.4 is 10.6 Å². The molecule has 0 radical (unpaired) electrons. The topological polar surface area (TPSA) is 29.3 Å². The molecule has 2 nitrogen and oxygen atoms in total. The zero-order chi connectivity index (χ0) is 14.3. The highest BCUT2D eigenvalue weighted by molar-refractivity contribution is 5.54. The van der Waals surface area contributed by atoms with E-state index in [4.69, 9.17) is 5.73 Å². The van der Waals surface area contributed by atoms with Crippen LogP contribution in [0.1, 0.15) is 51.2 Å². The standard InChI is InChI=1S/C17H30N2/c1-5-10-19(11-6-2)17-9-8-15(12-14(17)4)13-16(18)7-3/h8-9,12,16H,5-7,10-11,13,18H2,1-4H3. The Labute approximate surface area is 119 Å². The Bertz CT molecular complexity index is 368. The largest absolute Gasteiger partial charge is 0.371 e. The molecular weight excluding hydrogens is 232 g/mol. The quantitative estimate of drug-likeness (QED) is 0.770. The highest BCUT2D eigenvalue weighted by atomic mass is 15.1. The maximum absolute atomic E-state index is 6.04. The maximum Gasteiger partial charge on any atom is 0.0396 e. The summed E-state index contributed by atoms with van der Waals surface area (Å²) in [4.78, 5) is 2.50. The summed E-state index contributed by atoms with van der Waals surface area (Å²) in [5, 5.41) is 0. The molecule has 1 atom stereocenters. The van der Waals surface area contributed by atoms with Crippen LogP contribution in [-0.2, 0) is 6.42 Å². The third-order valence-corrected chi connectivity index (χ3v) is 3.61. The summed E-state index contributed by atoms with van der Waals surface area (Å²) < 4.78 is 0. The van der Waals surface area contributed by atoms with Gasteiger partial charge < -0.3 is 10.6 Å². The van der Waals surface area contributed by atoms with Gasteiger partial charge in [-0.05, 0) is 49.8 Å². The molecule has 0 aliphatic rings. The number of anilines is 1. The zero-order valence-corrected chi connectivity index (χ0v) is 13.1. The molecule has 2 heteroatoms. The molecule has 1 aromatic carbocycles. The molecule has 0 aliphatic carbocycles. The predicted octanol–water partition coefficient (Wildman–Crippen LogP) is 3.90. The van der Waals surface area contributed by atoms with Crippen molar-refractivity contribution in [2.24, 2.45) is 5.73 Å². The van der Waals surface area contributed by atoms with E-state index in [9.17, 15) is 0 Å². The molecule has 0 amide bonds. The second-order valence-electron chi connectivity index (χ2n) is 5.48. The van der Waals surface area contributed by atoms with Crippen LogP contribution >= 0.6 is 0 Å². The number of benzene rings is 1. The van der Waals surface area contributed by atoms with Gasteiger partial charge in [0.05, 0.1) is 0 Å². The minimum atomic E-state index is 0.285. The van der Waals surface area contributed by atoms with Crippen molar-refractivity contribution in [2.75, 3.05) is 18.0 Å². The van der Waals surface area contributed by atoms with Gasteiger partial charge in [0.2, 0.25) is 0 Å². The van der Waals surface area contributed by atoms with Crippen molar-refractivity contribution in [3.8, 4) is 0 Å². The predicted molar refractivity (Wildman–Crippen MR) is 85.9 cm³/mol. The molecule has 0 fully saturated rings. The van der Waals surface area contributed by atoms with Gasteiger partial charge in [-0.1, -0.05) is 32.9 Å². The van der Waals surface area contributed by atoms with Crippen LogP contribution in [-0.4, -0.2) is 19.1 Å². The summed E-state index contributed by atoms with van der Waals surface area (Å²) in [6, 6.07) is 7.12. The smallest absolute Gasteiger partial charge is 0.0396 e. The zero-order valence-electron chi connectivity index (χ0n) is 13.1. The molecule has 0 aromatic heterocycles. The van der Waals surface area contributed by atoms with Crippen LogP contribution in [0.3, 0.4) is 0 Å². The Morgan fingerprint density at radius 1 is 1.11 bits per heavy atom. The first-order chi connectivity index (χ1) is 9.12. The Kier molecular flexibility index (Phi) is 6.93. The van der Waals surface area contributed by atoms with E-state index in [2.05, 4.69) is 50.8 Å². The summed E-state index contributed by atoms with van der Waals surface area (Å²) in [6.07, 6.45) is 4.42. The van der Waals surface area contributed by atoms with Gasteiger partial charge in [-0.25, -0.2) is 0 Å². The van der Waals surface area contributed by atoms with Crippen LogP contribution in [0.15, 0.2) is 18.2 Å². The Balaban J connectivity index is 2.85. The van der Waals surface area contributed by atoms with Gasteiger partial charge >= 0.3 is 0 Å². The van der Waals surface area contributed by atoms with Gasteiger partial charge in [-0.3, -0.25) is 0 Å². The van der Waals surface area contributed by atoms with E-state index in [1.54, 1.807) is 0 Å². The van der Waals surface area contributed by atoms with Crippen LogP contribution in [0.4, 0.5) is 5.69 Å². The minimum absolute atomic E-state index is 0.285. The molecule has 0 saturated carbocycles. The van der Waals surface area contributed by atoms with E-state index >= 15 is 0 Å². The lowest BCUT2D eigenvalue weighted by atomic mass is 10.0. The maximum atomic E-state index is 6.04. The normalized spacial score (nSPS) is 12.5. The van der Waals surface area contributed by atoms with E-state index in [-0.39, 0.29) is 6.04 Å². The fraction of sp³-hybridized carbons (Fsp3) is 0.647. The van der Waals surface area contributed by atoms with E-state index in [0.29, 0.717) is 0 Å². The number of hydrogen-bond donors (Lipinski definition) is 1. The van der Waals surface area contributed by atoms with Crippen molar-refractivity contribution in [2.45, 2.75) is 59.4 Å². The number of nitrogens with two attached hydrogens (primary N) is 1. The number of hydrogen-bond acceptors (Lipinski definition) is 2. The average Bonchev–Trinajstić information content (AvgIpc) is 2.38. The third kappa shape index (κ3) is 4.87. The number of nitrogens with zero attached hydrogens (tertiary/aromatic N) is 1. The molecule has 0 bridgehead atoms. The molecule has 0 spiro atoms. The molecule has 0 aliphatic heterocycles. The van der Waals surface area contributed by atoms with Gasteiger partial charge in [0.1, 0.15) is 0 Å². The monoisotopic (exact) mass is 262 g/mol. The van der Waals surface area contributed by atoms with Crippen LogP contribution in [0.5, 0.6) is 0 Å². The van der Waals surface area contributed by atoms with Crippen LogP contribution in [0.25, 0.3) is 0 Å².